The van der Waals surface area contributed by atoms with Crippen LogP contribution in [0, 0.1) is 11.7 Å². The number of aryl methyl sites for hydroxylation is 1. The Morgan fingerprint density at radius 3 is 2.61 bits per heavy atom. The van der Waals surface area contributed by atoms with Crippen molar-refractivity contribution in [2.75, 3.05) is 13.1 Å². The van der Waals surface area contributed by atoms with Gasteiger partial charge >= 0.3 is 0 Å². The van der Waals surface area contributed by atoms with E-state index >= 15 is 0 Å². The van der Waals surface area contributed by atoms with Crippen LogP contribution in [0.1, 0.15) is 48.2 Å². The third-order valence-electron chi connectivity index (χ3n) is 6.11. The van der Waals surface area contributed by atoms with E-state index in [1.165, 1.54) is 25.0 Å². The average Bonchev–Trinajstić information content (AvgIpc) is 3.54. The number of hydrogen-bond donors (Lipinski definition) is 4. The summed E-state index contributed by atoms with van der Waals surface area (Å²) >= 11 is 0. The summed E-state index contributed by atoms with van der Waals surface area (Å²) in [5.41, 5.74) is 16.2. The van der Waals surface area contributed by atoms with Crippen LogP contribution in [0.15, 0.2) is 42.5 Å². The first-order valence-electron chi connectivity index (χ1n) is 11.2. The summed E-state index contributed by atoms with van der Waals surface area (Å²) in [6.07, 6.45) is 6.19. The normalized spacial score (nSPS) is 14.7. The lowest BCUT2D eigenvalue weighted by Gasteiger charge is -2.12. The van der Waals surface area contributed by atoms with Gasteiger partial charge in [0.2, 0.25) is 0 Å². The number of hydrogen-bond acceptors (Lipinski definition) is 3. The highest BCUT2D eigenvalue weighted by atomic mass is 19.1. The molecule has 1 fully saturated rings. The van der Waals surface area contributed by atoms with E-state index in [-0.39, 0.29) is 17.8 Å². The number of benzene rings is 2. The van der Waals surface area contributed by atoms with Crippen LogP contribution in [-0.2, 0) is 6.42 Å². The number of aromatic nitrogens is 1. The molecule has 1 aliphatic rings. The van der Waals surface area contributed by atoms with Crippen molar-refractivity contribution in [1.82, 2.24) is 10.3 Å². The molecule has 4 rings (SSSR count). The molecule has 1 aromatic heterocycles. The first-order chi connectivity index (χ1) is 15.0. The lowest BCUT2D eigenvalue weighted by molar-refractivity contribution is 0.0945. The zero-order valence-corrected chi connectivity index (χ0v) is 17.8. The number of aromatic amines is 1. The van der Waals surface area contributed by atoms with E-state index < -0.39 is 0 Å². The van der Waals surface area contributed by atoms with Crippen molar-refractivity contribution < 1.29 is 9.18 Å². The summed E-state index contributed by atoms with van der Waals surface area (Å²) in [5.74, 6) is 0.410. The number of carbonyl (C=O) groups is 1. The van der Waals surface area contributed by atoms with Crippen LogP contribution in [0.4, 0.5) is 4.39 Å². The van der Waals surface area contributed by atoms with Crippen LogP contribution < -0.4 is 16.8 Å². The second kappa shape index (κ2) is 9.62. The number of amides is 1. The predicted octanol–water partition coefficient (Wildman–Crippen LogP) is 4.11. The highest BCUT2D eigenvalue weighted by Crippen LogP contribution is 2.36. The smallest absolute Gasteiger partial charge is 0.268 e. The van der Waals surface area contributed by atoms with Crippen molar-refractivity contribution in [3.05, 3.63) is 59.5 Å². The summed E-state index contributed by atoms with van der Waals surface area (Å²) < 4.78 is 13.3. The van der Waals surface area contributed by atoms with Gasteiger partial charge in [-0.25, -0.2) is 4.39 Å². The van der Waals surface area contributed by atoms with Crippen LogP contribution in [0.5, 0.6) is 0 Å². The Morgan fingerprint density at radius 2 is 1.90 bits per heavy atom. The van der Waals surface area contributed by atoms with Gasteiger partial charge in [0.05, 0.1) is 0 Å². The monoisotopic (exact) mass is 422 g/mol. The molecule has 0 spiro atoms. The molecule has 0 saturated heterocycles. The lowest BCUT2D eigenvalue weighted by Crippen LogP contribution is -2.37. The molecule has 1 heterocycles. The summed E-state index contributed by atoms with van der Waals surface area (Å²) in [7, 11) is 0. The molecule has 3 aromatic rings. The Kier molecular flexibility index (Phi) is 6.68. The quantitative estimate of drug-likeness (QED) is 0.396. The molecule has 1 atom stereocenters. The van der Waals surface area contributed by atoms with E-state index in [4.69, 9.17) is 11.5 Å². The minimum Gasteiger partial charge on any atom is -0.350 e. The Hall–Kier alpha value is -2.70. The van der Waals surface area contributed by atoms with E-state index in [1.807, 2.05) is 12.1 Å². The zero-order chi connectivity index (χ0) is 21.8. The molecule has 0 aliphatic heterocycles. The SMILES string of the molecule is NCCCC(N)CNC(=O)c1[nH]c2cc(-c3ccc(F)cc3)ccc2c1CCC1CC1. The second-order valence-corrected chi connectivity index (χ2v) is 8.63. The third kappa shape index (κ3) is 5.32. The van der Waals surface area contributed by atoms with Gasteiger partial charge in [0.15, 0.2) is 0 Å². The second-order valence-electron chi connectivity index (χ2n) is 8.63. The summed E-state index contributed by atoms with van der Waals surface area (Å²) in [5, 5.41) is 4.06. The Balaban J connectivity index is 1.59. The van der Waals surface area contributed by atoms with Crippen molar-refractivity contribution in [3.63, 3.8) is 0 Å². The fourth-order valence-electron chi connectivity index (χ4n) is 4.08. The highest BCUT2D eigenvalue weighted by molar-refractivity contribution is 6.02. The third-order valence-corrected chi connectivity index (χ3v) is 6.11. The first-order valence-corrected chi connectivity index (χ1v) is 11.2. The molecule has 6 N–H and O–H groups in total. The van der Waals surface area contributed by atoms with Gasteiger partial charge in [-0.3, -0.25) is 4.79 Å². The number of carbonyl (C=O) groups excluding carboxylic acids is 1. The minimum absolute atomic E-state index is 0.100. The van der Waals surface area contributed by atoms with Gasteiger partial charge in [0.1, 0.15) is 11.5 Å². The van der Waals surface area contributed by atoms with Gasteiger partial charge < -0.3 is 21.8 Å². The van der Waals surface area contributed by atoms with Crippen molar-refractivity contribution in [2.24, 2.45) is 17.4 Å². The standard InChI is InChI=1S/C25H31FN4O/c26-19-9-6-17(7-10-19)18-8-12-21-22(11-5-16-3-4-16)24(30-23(21)14-18)25(31)29-15-20(28)2-1-13-27/h6-10,12,14,16,20,30H,1-5,11,13,15,27-28H2,(H,29,31). The molecule has 1 saturated carbocycles. The minimum atomic E-state index is -0.254. The van der Waals surface area contributed by atoms with Crippen LogP contribution in [-0.4, -0.2) is 30.0 Å². The largest absolute Gasteiger partial charge is 0.350 e. The lowest BCUT2D eigenvalue weighted by atomic mass is 10.00. The maximum atomic E-state index is 13.3. The van der Waals surface area contributed by atoms with Crippen molar-refractivity contribution in [1.29, 1.82) is 0 Å². The van der Waals surface area contributed by atoms with Gasteiger partial charge in [0.25, 0.3) is 5.91 Å². The number of H-pyrrole nitrogens is 1. The first kappa shape index (κ1) is 21.5. The van der Waals surface area contributed by atoms with Crippen LogP contribution in [0.3, 0.4) is 0 Å². The molecule has 31 heavy (non-hydrogen) atoms. The number of nitrogens with one attached hydrogen (secondary N) is 2. The topological polar surface area (TPSA) is 96.9 Å². The fourth-order valence-corrected chi connectivity index (χ4v) is 4.08. The summed E-state index contributed by atoms with van der Waals surface area (Å²) in [4.78, 5) is 16.4. The molecule has 0 bridgehead atoms. The van der Waals surface area contributed by atoms with Crippen molar-refractivity contribution in [2.45, 2.75) is 44.6 Å². The van der Waals surface area contributed by atoms with Gasteiger partial charge in [-0.15, -0.1) is 0 Å². The van der Waals surface area contributed by atoms with E-state index in [0.29, 0.717) is 18.8 Å². The molecule has 5 nitrogen and oxygen atoms in total. The molecule has 6 heteroatoms. The van der Waals surface area contributed by atoms with Gasteiger partial charge in [0, 0.05) is 23.5 Å². The van der Waals surface area contributed by atoms with E-state index in [9.17, 15) is 9.18 Å². The van der Waals surface area contributed by atoms with Crippen molar-refractivity contribution >= 4 is 16.8 Å². The Labute approximate surface area is 182 Å². The molecular weight excluding hydrogens is 391 g/mol. The van der Waals surface area contributed by atoms with E-state index in [1.54, 1.807) is 12.1 Å². The molecule has 0 radical (unpaired) electrons. The number of halogens is 1. The molecule has 1 amide bonds. The van der Waals surface area contributed by atoms with E-state index in [2.05, 4.69) is 16.4 Å². The Bertz CT molecular complexity index is 1040. The Morgan fingerprint density at radius 1 is 1.16 bits per heavy atom. The van der Waals surface area contributed by atoms with Gasteiger partial charge in [-0.05, 0) is 73.0 Å². The van der Waals surface area contributed by atoms with Crippen LogP contribution >= 0.6 is 0 Å². The van der Waals surface area contributed by atoms with Crippen LogP contribution in [0.25, 0.3) is 22.0 Å². The highest BCUT2D eigenvalue weighted by Gasteiger charge is 2.24. The predicted molar refractivity (Wildman–Crippen MR) is 123 cm³/mol. The summed E-state index contributed by atoms with van der Waals surface area (Å²) in [6.45, 7) is 1.03. The zero-order valence-electron chi connectivity index (χ0n) is 17.8. The maximum Gasteiger partial charge on any atom is 0.268 e. The molecular formula is C25H31FN4O. The van der Waals surface area contributed by atoms with Crippen molar-refractivity contribution in [3.8, 4) is 11.1 Å². The van der Waals surface area contributed by atoms with E-state index in [0.717, 1.165) is 59.2 Å². The fraction of sp³-hybridized carbons (Fsp3) is 0.400. The maximum absolute atomic E-state index is 13.3. The molecule has 1 aliphatic carbocycles. The van der Waals surface area contributed by atoms with Gasteiger partial charge in [-0.2, -0.15) is 0 Å². The van der Waals surface area contributed by atoms with Gasteiger partial charge in [-0.1, -0.05) is 37.1 Å². The summed E-state index contributed by atoms with van der Waals surface area (Å²) in [6, 6.07) is 12.5. The number of fused-ring (bicyclic) bond motifs is 1. The number of rotatable bonds is 10. The van der Waals surface area contributed by atoms with Crippen LogP contribution in [0.2, 0.25) is 0 Å². The molecule has 1 unspecified atom stereocenters. The molecule has 2 aromatic carbocycles. The molecule has 164 valence electrons. The average molecular weight is 423 g/mol. The number of nitrogens with two attached hydrogens (primary N) is 2.